The molecule has 0 atom stereocenters. The molecule has 0 N–H and O–H groups in total. The van der Waals surface area contributed by atoms with Crippen molar-refractivity contribution in [3.05, 3.63) is 76.8 Å². The second-order valence-corrected chi connectivity index (χ2v) is 5.42. The van der Waals surface area contributed by atoms with Gasteiger partial charge in [0.1, 0.15) is 17.2 Å². The first-order valence-electron chi connectivity index (χ1n) is 7.86. The summed E-state index contributed by atoms with van der Waals surface area (Å²) >= 11 is 0. The fraction of sp³-hybridized carbons (Fsp3) is 0.100. The molecule has 0 amide bonds. The van der Waals surface area contributed by atoms with Crippen LogP contribution in [0.3, 0.4) is 0 Å². The number of nitrogens with zero attached hydrogens (tertiary/aromatic N) is 1. The zero-order chi connectivity index (χ0) is 18.5. The van der Waals surface area contributed by atoms with Crippen LogP contribution in [0, 0.1) is 10.1 Å². The van der Waals surface area contributed by atoms with E-state index in [-0.39, 0.29) is 11.4 Å². The number of rotatable bonds is 6. The Balaban J connectivity index is 2.10. The van der Waals surface area contributed by atoms with Gasteiger partial charge in [0.25, 0.3) is 0 Å². The van der Waals surface area contributed by atoms with Gasteiger partial charge < -0.3 is 14.2 Å². The summed E-state index contributed by atoms with van der Waals surface area (Å²) in [6, 6.07) is 19.3. The molecular weight excluding hydrogens is 334 g/mol. The van der Waals surface area contributed by atoms with Gasteiger partial charge in [-0.25, -0.2) is 0 Å². The molecule has 0 heterocycles. The highest BCUT2D eigenvalue weighted by molar-refractivity contribution is 5.73. The molecule has 0 bridgehead atoms. The highest BCUT2D eigenvalue weighted by Crippen LogP contribution is 2.40. The highest BCUT2D eigenvalue weighted by Gasteiger charge is 2.19. The number of hydrogen-bond donors (Lipinski definition) is 0. The van der Waals surface area contributed by atoms with Crippen LogP contribution in [0.1, 0.15) is 0 Å². The molecule has 0 aliphatic carbocycles. The van der Waals surface area contributed by atoms with Gasteiger partial charge >= 0.3 is 5.69 Å². The average molecular weight is 351 g/mol. The zero-order valence-electron chi connectivity index (χ0n) is 14.3. The van der Waals surface area contributed by atoms with E-state index >= 15 is 0 Å². The average Bonchev–Trinajstić information content (AvgIpc) is 2.68. The summed E-state index contributed by atoms with van der Waals surface area (Å²) in [5.41, 5.74) is 1.54. The smallest absolute Gasteiger partial charge is 0.311 e. The number of hydrogen-bond acceptors (Lipinski definition) is 5. The van der Waals surface area contributed by atoms with E-state index in [4.69, 9.17) is 14.2 Å². The van der Waals surface area contributed by atoms with E-state index in [0.29, 0.717) is 17.2 Å². The Morgan fingerprint density at radius 1 is 0.808 bits per heavy atom. The zero-order valence-corrected chi connectivity index (χ0v) is 14.3. The monoisotopic (exact) mass is 351 g/mol. The van der Waals surface area contributed by atoms with Gasteiger partial charge in [0.15, 0.2) is 0 Å². The summed E-state index contributed by atoms with van der Waals surface area (Å²) in [6.07, 6.45) is 0. The fourth-order valence-corrected chi connectivity index (χ4v) is 2.54. The van der Waals surface area contributed by atoms with Crippen LogP contribution in [0.25, 0.3) is 11.1 Å². The van der Waals surface area contributed by atoms with Crippen LogP contribution in [0.2, 0.25) is 0 Å². The van der Waals surface area contributed by atoms with Crippen molar-refractivity contribution < 1.29 is 19.1 Å². The molecule has 0 saturated carbocycles. The first kappa shape index (κ1) is 17.3. The maximum atomic E-state index is 11.3. The lowest BCUT2D eigenvalue weighted by atomic mass is 10.0. The second-order valence-electron chi connectivity index (χ2n) is 5.42. The Kier molecular flexibility index (Phi) is 5.03. The molecule has 0 aromatic heterocycles. The minimum Gasteiger partial charge on any atom is -0.497 e. The van der Waals surface area contributed by atoms with Crippen LogP contribution in [0.15, 0.2) is 66.7 Å². The van der Waals surface area contributed by atoms with Crippen molar-refractivity contribution in [2.45, 2.75) is 0 Å². The van der Waals surface area contributed by atoms with Crippen molar-refractivity contribution in [3.63, 3.8) is 0 Å². The van der Waals surface area contributed by atoms with Crippen molar-refractivity contribution in [2.24, 2.45) is 0 Å². The number of nitro groups is 1. The van der Waals surface area contributed by atoms with E-state index in [1.165, 1.54) is 25.3 Å². The third kappa shape index (κ3) is 3.59. The standard InChI is InChI=1S/C20H17NO5/c1-24-15-9-11-19(17(12-15)14-6-4-3-5-7-14)26-20-13-16(25-2)8-10-18(20)21(22)23/h3-13H,1-2H3. The van der Waals surface area contributed by atoms with Gasteiger partial charge in [0, 0.05) is 17.7 Å². The minimum atomic E-state index is -0.486. The Morgan fingerprint density at radius 2 is 1.46 bits per heavy atom. The van der Waals surface area contributed by atoms with Crippen molar-refractivity contribution in [2.75, 3.05) is 14.2 Å². The van der Waals surface area contributed by atoms with Crippen molar-refractivity contribution in [3.8, 4) is 34.1 Å². The molecular formula is C20H17NO5. The maximum Gasteiger partial charge on any atom is 0.311 e. The molecule has 0 aliphatic heterocycles. The topological polar surface area (TPSA) is 70.8 Å². The second kappa shape index (κ2) is 7.57. The molecule has 0 aliphatic rings. The van der Waals surface area contributed by atoms with Crippen LogP contribution in [-0.2, 0) is 0 Å². The molecule has 3 aromatic carbocycles. The molecule has 0 unspecified atom stereocenters. The summed E-state index contributed by atoms with van der Waals surface area (Å²) in [7, 11) is 3.07. The van der Waals surface area contributed by atoms with E-state index in [1.54, 1.807) is 19.2 Å². The number of methoxy groups -OCH3 is 2. The van der Waals surface area contributed by atoms with E-state index in [9.17, 15) is 10.1 Å². The number of nitro benzene ring substituents is 1. The molecule has 0 fully saturated rings. The van der Waals surface area contributed by atoms with Crippen LogP contribution in [-0.4, -0.2) is 19.1 Å². The molecule has 3 rings (SSSR count). The lowest BCUT2D eigenvalue weighted by molar-refractivity contribution is -0.385. The largest absolute Gasteiger partial charge is 0.497 e. The van der Waals surface area contributed by atoms with E-state index in [0.717, 1.165) is 11.1 Å². The third-order valence-corrected chi connectivity index (χ3v) is 3.86. The van der Waals surface area contributed by atoms with E-state index in [2.05, 4.69) is 0 Å². The van der Waals surface area contributed by atoms with Crippen molar-refractivity contribution in [1.82, 2.24) is 0 Å². The summed E-state index contributed by atoms with van der Waals surface area (Å²) in [4.78, 5) is 10.8. The normalized spacial score (nSPS) is 10.2. The van der Waals surface area contributed by atoms with Crippen molar-refractivity contribution in [1.29, 1.82) is 0 Å². The minimum absolute atomic E-state index is 0.108. The number of ether oxygens (including phenoxy) is 3. The Labute approximate surface area is 150 Å². The number of benzene rings is 3. The molecule has 3 aromatic rings. The van der Waals surface area contributed by atoms with Crippen LogP contribution >= 0.6 is 0 Å². The van der Waals surface area contributed by atoms with Gasteiger partial charge in [-0.2, -0.15) is 0 Å². The highest BCUT2D eigenvalue weighted by atomic mass is 16.6. The van der Waals surface area contributed by atoms with Crippen LogP contribution in [0.5, 0.6) is 23.0 Å². The lowest BCUT2D eigenvalue weighted by Crippen LogP contribution is -1.96. The third-order valence-electron chi connectivity index (χ3n) is 3.86. The molecule has 26 heavy (non-hydrogen) atoms. The van der Waals surface area contributed by atoms with Gasteiger partial charge in [-0.15, -0.1) is 0 Å². The fourth-order valence-electron chi connectivity index (χ4n) is 2.54. The molecule has 0 spiro atoms. The first-order valence-corrected chi connectivity index (χ1v) is 7.86. The molecule has 6 heteroatoms. The predicted octanol–water partition coefficient (Wildman–Crippen LogP) is 5.07. The SMILES string of the molecule is COc1ccc([N+](=O)[O-])c(Oc2ccc(OC)cc2-c2ccccc2)c1. The van der Waals surface area contributed by atoms with E-state index in [1.807, 2.05) is 36.4 Å². The summed E-state index contributed by atoms with van der Waals surface area (Å²) in [6.45, 7) is 0. The molecule has 0 radical (unpaired) electrons. The van der Waals surface area contributed by atoms with Crippen molar-refractivity contribution >= 4 is 5.69 Å². The van der Waals surface area contributed by atoms with Crippen LogP contribution in [0.4, 0.5) is 5.69 Å². The quantitative estimate of drug-likeness (QED) is 0.458. The summed E-state index contributed by atoms with van der Waals surface area (Å²) < 4.78 is 16.4. The summed E-state index contributed by atoms with van der Waals surface area (Å²) in [5.74, 6) is 1.72. The Hall–Kier alpha value is -3.54. The van der Waals surface area contributed by atoms with Gasteiger partial charge in [0.2, 0.25) is 5.75 Å². The van der Waals surface area contributed by atoms with E-state index < -0.39 is 4.92 Å². The first-order chi connectivity index (χ1) is 12.6. The van der Waals surface area contributed by atoms with Gasteiger partial charge in [0.05, 0.1) is 19.1 Å². The molecule has 6 nitrogen and oxygen atoms in total. The summed E-state index contributed by atoms with van der Waals surface area (Å²) in [5, 5.41) is 11.3. The van der Waals surface area contributed by atoms with Crippen LogP contribution < -0.4 is 14.2 Å². The predicted molar refractivity (Wildman–Crippen MR) is 98.2 cm³/mol. The molecule has 0 saturated heterocycles. The lowest BCUT2D eigenvalue weighted by Gasteiger charge is -2.13. The van der Waals surface area contributed by atoms with Gasteiger partial charge in [-0.1, -0.05) is 30.3 Å². The van der Waals surface area contributed by atoms with Gasteiger partial charge in [-0.05, 0) is 29.8 Å². The maximum absolute atomic E-state index is 11.3. The molecule has 132 valence electrons. The van der Waals surface area contributed by atoms with Gasteiger partial charge in [-0.3, -0.25) is 10.1 Å². The Bertz CT molecular complexity index is 925. The Morgan fingerprint density at radius 3 is 2.12 bits per heavy atom.